The molecule has 0 bridgehead atoms. The summed E-state index contributed by atoms with van der Waals surface area (Å²) in [6, 6.07) is 3.46. The van der Waals surface area contributed by atoms with Crippen LogP contribution in [-0.2, 0) is 6.61 Å². The van der Waals surface area contributed by atoms with E-state index in [1.165, 1.54) is 0 Å². The molecule has 4 aromatic carbocycles. The summed E-state index contributed by atoms with van der Waals surface area (Å²) in [5.74, 6) is -2.82. The predicted molar refractivity (Wildman–Crippen MR) is 148 cm³/mol. The van der Waals surface area contributed by atoms with Crippen molar-refractivity contribution >= 4 is 27.8 Å². The van der Waals surface area contributed by atoms with Crippen LogP contribution >= 0.6 is 0 Å². The normalized spacial score (nSPS) is 11.8. The van der Waals surface area contributed by atoms with Crippen molar-refractivity contribution in [1.82, 2.24) is 0 Å². The van der Waals surface area contributed by atoms with E-state index in [0.717, 1.165) is 6.21 Å². The number of aryl methyl sites for hydroxylation is 2. The van der Waals surface area contributed by atoms with Crippen molar-refractivity contribution in [3.8, 4) is 45.6 Å². The van der Waals surface area contributed by atoms with E-state index in [-0.39, 0.29) is 67.9 Å². The smallest absolute Gasteiger partial charge is 0.167 e. The quantitative estimate of drug-likeness (QED) is 0.114. The van der Waals surface area contributed by atoms with Crippen LogP contribution in [0.4, 0.5) is 0 Å². The van der Waals surface area contributed by atoms with Crippen LogP contribution in [0.3, 0.4) is 0 Å². The zero-order valence-electron chi connectivity index (χ0n) is 22.2. The van der Waals surface area contributed by atoms with Gasteiger partial charge in [0.1, 0.15) is 11.5 Å². The summed E-state index contributed by atoms with van der Waals surface area (Å²) in [5.41, 5.74) is 2.27. The Morgan fingerprint density at radius 3 is 1.50 bits per heavy atom. The first-order valence-corrected chi connectivity index (χ1v) is 12.4. The molecule has 8 nitrogen and oxygen atoms in total. The van der Waals surface area contributed by atoms with Crippen molar-refractivity contribution in [1.29, 1.82) is 5.41 Å². The molecule has 0 saturated carbocycles. The lowest BCUT2D eigenvalue weighted by Crippen LogP contribution is -2.01. The Labute approximate surface area is 220 Å². The zero-order valence-corrected chi connectivity index (χ0v) is 22.2. The molecule has 38 heavy (non-hydrogen) atoms. The van der Waals surface area contributed by atoms with E-state index in [1.54, 1.807) is 26.0 Å². The fourth-order valence-corrected chi connectivity index (χ4v) is 5.72. The molecule has 8 N–H and O–H groups in total. The monoisotopic (exact) mass is 519 g/mol. The molecule has 0 spiro atoms. The number of fused-ring (bicyclic) bond motifs is 2. The van der Waals surface area contributed by atoms with Crippen molar-refractivity contribution in [2.75, 3.05) is 0 Å². The second kappa shape index (κ2) is 9.29. The Bertz CT molecular complexity index is 1650. The molecule has 0 amide bonds. The van der Waals surface area contributed by atoms with Crippen LogP contribution in [-0.4, -0.2) is 42.0 Å². The first-order chi connectivity index (χ1) is 17.8. The molecule has 0 fully saturated rings. The lowest BCUT2D eigenvalue weighted by molar-refractivity contribution is 0.274. The molecule has 0 atom stereocenters. The van der Waals surface area contributed by atoms with Crippen LogP contribution in [0, 0.1) is 19.3 Å². The summed E-state index contributed by atoms with van der Waals surface area (Å²) in [5, 5.41) is 85.3. The van der Waals surface area contributed by atoms with Crippen LogP contribution in [0.1, 0.15) is 72.9 Å². The summed E-state index contributed by atoms with van der Waals surface area (Å²) in [6.45, 7) is 10.1. The molecule has 0 aliphatic carbocycles. The minimum atomic E-state index is -0.657. The van der Waals surface area contributed by atoms with E-state index in [0.29, 0.717) is 33.0 Å². The second-order valence-electron chi connectivity index (χ2n) is 10.4. The van der Waals surface area contributed by atoms with Crippen molar-refractivity contribution in [3.05, 3.63) is 45.5 Å². The van der Waals surface area contributed by atoms with Crippen molar-refractivity contribution < 1.29 is 35.7 Å². The summed E-state index contributed by atoms with van der Waals surface area (Å²) < 4.78 is 0. The molecule has 8 heteroatoms. The minimum absolute atomic E-state index is 0.0524. The highest BCUT2D eigenvalue weighted by atomic mass is 16.3. The maximum Gasteiger partial charge on any atom is 0.167 e. The molecule has 4 aromatic rings. The maximum atomic E-state index is 11.7. The maximum absolute atomic E-state index is 11.7. The number of aromatic hydroxyl groups is 6. The minimum Gasteiger partial charge on any atom is -0.507 e. The Morgan fingerprint density at radius 1 is 0.658 bits per heavy atom. The van der Waals surface area contributed by atoms with Gasteiger partial charge in [0.15, 0.2) is 23.0 Å². The summed E-state index contributed by atoms with van der Waals surface area (Å²) in [6.07, 6.45) is 0.854. The highest BCUT2D eigenvalue weighted by molar-refractivity contribution is 6.12. The fourth-order valence-electron chi connectivity index (χ4n) is 5.72. The number of hydrogen-bond donors (Lipinski definition) is 8. The number of rotatable bonds is 5. The first kappa shape index (κ1) is 26.9. The molecule has 0 radical (unpaired) electrons. The standard InChI is InChI=1S/C30H33NO7/c1-11(2)19-15-7-13(5)21(27(35)23(15)17(9-31)25(33)29(19)37)22-14(6)8-16-20(12(3)4)30(38)26(34)18(10-32)24(16)28(22)36/h7-9,11-12,31-38H,10H2,1-6H3. The van der Waals surface area contributed by atoms with Crippen molar-refractivity contribution in [2.24, 2.45) is 0 Å². The number of benzene rings is 4. The molecule has 200 valence electrons. The second-order valence-corrected chi connectivity index (χ2v) is 10.4. The fraction of sp³-hybridized carbons (Fsp3) is 0.300. The lowest BCUT2D eigenvalue weighted by Gasteiger charge is -2.23. The number of hydrogen-bond acceptors (Lipinski definition) is 8. The molecule has 0 aliphatic heterocycles. The number of phenolic OH excluding ortho intramolecular Hbond substituents is 5. The summed E-state index contributed by atoms with van der Waals surface area (Å²) in [7, 11) is 0. The van der Waals surface area contributed by atoms with E-state index in [2.05, 4.69) is 0 Å². The van der Waals surface area contributed by atoms with Crippen molar-refractivity contribution in [2.45, 2.75) is 60.0 Å². The van der Waals surface area contributed by atoms with Gasteiger partial charge in [-0.15, -0.1) is 0 Å². The molecule has 0 aromatic heterocycles. The lowest BCUT2D eigenvalue weighted by atomic mass is 9.83. The third kappa shape index (κ3) is 3.59. The molecule has 4 rings (SSSR count). The van der Waals surface area contributed by atoms with E-state index in [9.17, 15) is 35.7 Å². The first-order valence-electron chi connectivity index (χ1n) is 12.4. The van der Waals surface area contributed by atoms with E-state index < -0.39 is 18.1 Å². The van der Waals surface area contributed by atoms with Gasteiger partial charge in [-0.3, -0.25) is 0 Å². The number of aliphatic hydroxyl groups excluding tert-OH is 1. The largest absolute Gasteiger partial charge is 0.507 e. The topological polar surface area (TPSA) is 165 Å². The Balaban J connectivity index is 2.26. The number of phenols is 6. The van der Waals surface area contributed by atoms with E-state index in [1.807, 2.05) is 27.7 Å². The van der Waals surface area contributed by atoms with Crippen molar-refractivity contribution in [3.63, 3.8) is 0 Å². The van der Waals surface area contributed by atoms with Gasteiger partial charge in [0.2, 0.25) is 0 Å². The molecular formula is C30H33NO7. The molecule has 0 aliphatic rings. The average Bonchev–Trinajstić information content (AvgIpc) is 2.83. The Morgan fingerprint density at radius 2 is 1.08 bits per heavy atom. The van der Waals surface area contributed by atoms with Gasteiger partial charge < -0.3 is 41.2 Å². The SMILES string of the molecule is Cc1cc2c(C(C)C)c(O)c(O)c(C=N)c2c(O)c1-c1c(C)cc2c(C(C)C)c(O)c(O)c(CO)c2c1O. The zero-order chi connectivity index (χ0) is 28.4. The van der Waals surface area contributed by atoms with Gasteiger partial charge in [0, 0.05) is 50.4 Å². The number of nitrogens with one attached hydrogen (secondary N) is 1. The molecular weight excluding hydrogens is 486 g/mol. The van der Waals surface area contributed by atoms with Gasteiger partial charge in [-0.2, -0.15) is 0 Å². The van der Waals surface area contributed by atoms with Crippen LogP contribution in [0.2, 0.25) is 0 Å². The average molecular weight is 520 g/mol. The van der Waals surface area contributed by atoms with Crippen LogP contribution in [0.15, 0.2) is 12.1 Å². The Hall–Kier alpha value is -4.17. The summed E-state index contributed by atoms with van der Waals surface area (Å²) in [4.78, 5) is 0. The van der Waals surface area contributed by atoms with Gasteiger partial charge in [0.05, 0.1) is 6.61 Å². The molecule has 0 heterocycles. The highest BCUT2D eigenvalue weighted by Gasteiger charge is 2.29. The van der Waals surface area contributed by atoms with E-state index in [4.69, 9.17) is 5.41 Å². The molecule has 0 saturated heterocycles. The van der Waals surface area contributed by atoms with Crippen LogP contribution in [0.5, 0.6) is 34.5 Å². The van der Waals surface area contributed by atoms with Crippen LogP contribution < -0.4 is 0 Å². The van der Waals surface area contributed by atoms with Crippen LogP contribution in [0.25, 0.3) is 32.7 Å². The number of aliphatic hydroxyl groups is 1. The Kier molecular flexibility index (Phi) is 6.57. The summed E-state index contributed by atoms with van der Waals surface area (Å²) >= 11 is 0. The van der Waals surface area contributed by atoms with Gasteiger partial charge in [-0.05, 0) is 47.6 Å². The van der Waals surface area contributed by atoms with E-state index >= 15 is 0 Å². The van der Waals surface area contributed by atoms with Gasteiger partial charge >= 0.3 is 0 Å². The third-order valence-electron chi connectivity index (χ3n) is 7.35. The van der Waals surface area contributed by atoms with Gasteiger partial charge in [-0.25, -0.2) is 0 Å². The third-order valence-corrected chi connectivity index (χ3v) is 7.35. The van der Waals surface area contributed by atoms with Gasteiger partial charge in [-0.1, -0.05) is 39.8 Å². The van der Waals surface area contributed by atoms with Gasteiger partial charge in [0.25, 0.3) is 0 Å². The molecule has 0 unspecified atom stereocenters. The highest BCUT2D eigenvalue weighted by Crippen LogP contribution is 2.54. The predicted octanol–water partition coefficient (Wildman–Crippen LogP) is 6.25.